The Balaban J connectivity index is 1.81. The predicted molar refractivity (Wildman–Crippen MR) is 119 cm³/mol. The van der Waals surface area contributed by atoms with Gasteiger partial charge in [0.2, 0.25) is 0 Å². The van der Waals surface area contributed by atoms with Gasteiger partial charge in [-0.05, 0) is 89.7 Å². The van der Waals surface area contributed by atoms with Gasteiger partial charge >= 0.3 is 0 Å². The monoisotopic (exact) mass is 509 g/mol. The van der Waals surface area contributed by atoms with Crippen molar-refractivity contribution in [2.45, 2.75) is 20.4 Å². The Morgan fingerprint density at radius 3 is 2.36 bits per heavy atom. The van der Waals surface area contributed by atoms with Crippen LogP contribution in [0.25, 0.3) is 6.08 Å². The molecule has 2 aromatic rings. The first-order chi connectivity index (χ1) is 13.5. The number of thioether (sulfide) groups is 1. The molecule has 2 amide bonds. The Kier molecular flexibility index (Phi) is 7.01. The molecule has 1 heterocycles. The van der Waals surface area contributed by atoms with Crippen LogP contribution >= 0.6 is 34.4 Å². The van der Waals surface area contributed by atoms with Crippen LogP contribution in [-0.2, 0) is 11.3 Å². The zero-order chi connectivity index (χ0) is 20.1. The van der Waals surface area contributed by atoms with E-state index in [0.29, 0.717) is 29.6 Å². The van der Waals surface area contributed by atoms with Gasteiger partial charge in [0.15, 0.2) is 11.5 Å². The summed E-state index contributed by atoms with van der Waals surface area (Å²) >= 11 is 3.18. The number of ether oxygens (including phenoxy) is 2. The molecule has 2 aromatic carbocycles. The molecular weight excluding hydrogens is 489 g/mol. The number of amides is 2. The van der Waals surface area contributed by atoms with Crippen molar-refractivity contribution in [3.8, 4) is 11.5 Å². The van der Waals surface area contributed by atoms with Gasteiger partial charge in [0.25, 0.3) is 11.1 Å². The van der Waals surface area contributed by atoms with Crippen molar-refractivity contribution in [1.82, 2.24) is 4.90 Å². The average Bonchev–Trinajstić information content (AvgIpc) is 2.93. The number of hydrogen-bond donors (Lipinski definition) is 0. The van der Waals surface area contributed by atoms with Gasteiger partial charge < -0.3 is 9.47 Å². The van der Waals surface area contributed by atoms with Crippen LogP contribution in [0.2, 0.25) is 0 Å². The zero-order valence-electron chi connectivity index (χ0n) is 15.6. The highest BCUT2D eigenvalue weighted by Gasteiger charge is 2.35. The molecule has 5 nitrogen and oxygen atoms in total. The summed E-state index contributed by atoms with van der Waals surface area (Å²) in [5.41, 5.74) is 1.70. The minimum Gasteiger partial charge on any atom is -0.490 e. The largest absolute Gasteiger partial charge is 0.490 e. The number of rotatable bonds is 7. The fourth-order valence-corrected chi connectivity index (χ4v) is 3.92. The number of imide groups is 1. The van der Waals surface area contributed by atoms with Crippen LogP contribution < -0.4 is 9.47 Å². The summed E-state index contributed by atoms with van der Waals surface area (Å²) in [5, 5.41) is -0.259. The molecule has 0 N–H and O–H groups in total. The van der Waals surface area contributed by atoms with Crippen molar-refractivity contribution in [3.63, 3.8) is 0 Å². The Hall–Kier alpha value is -2.00. The highest BCUT2D eigenvalue weighted by Crippen LogP contribution is 2.35. The van der Waals surface area contributed by atoms with Gasteiger partial charge in [0.05, 0.1) is 24.7 Å². The number of nitrogens with zero attached hydrogens (tertiary/aromatic N) is 1. The third-order valence-corrected chi connectivity index (χ3v) is 5.62. The summed E-state index contributed by atoms with van der Waals surface area (Å²) in [5.74, 6) is 1.00. The van der Waals surface area contributed by atoms with Gasteiger partial charge in [-0.15, -0.1) is 0 Å². The van der Waals surface area contributed by atoms with Crippen molar-refractivity contribution in [3.05, 3.63) is 62.1 Å². The zero-order valence-corrected chi connectivity index (χ0v) is 18.6. The lowest BCUT2D eigenvalue weighted by Crippen LogP contribution is -2.27. The van der Waals surface area contributed by atoms with Gasteiger partial charge in [-0.25, -0.2) is 0 Å². The second kappa shape index (κ2) is 9.47. The molecule has 0 aromatic heterocycles. The Morgan fingerprint density at radius 2 is 1.68 bits per heavy atom. The molecule has 1 fully saturated rings. The van der Waals surface area contributed by atoms with Crippen LogP contribution in [-0.4, -0.2) is 29.3 Å². The molecule has 0 bridgehead atoms. The van der Waals surface area contributed by atoms with Crippen LogP contribution in [0.15, 0.2) is 47.4 Å². The highest BCUT2D eigenvalue weighted by molar-refractivity contribution is 14.1. The van der Waals surface area contributed by atoms with E-state index in [0.717, 1.165) is 26.5 Å². The van der Waals surface area contributed by atoms with Gasteiger partial charge in [-0.3, -0.25) is 14.5 Å². The second-order valence-electron chi connectivity index (χ2n) is 5.97. The molecule has 0 saturated carbocycles. The minimum atomic E-state index is -0.277. The lowest BCUT2D eigenvalue weighted by atomic mass is 10.1. The second-order valence-corrected chi connectivity index (χ2v) is 8.21. The standard InChI is InChI=1S/C21H20INO4S/c1-3-26-17-10-7-15(11-18(17)27-4-2)12-19-20(24)23(21(25)28-19)13-14-5-8-16(22)9-6-14/h5-12H,3-4,13H2,1-2H3/b19-12-. The molecule has 28 heavy (non-hydrogen) atoms. The minimum absolute atomic E-state index is 0.259. The summed E-state index contributed by atoms with van der Waals surface area (Å²) in [7, 11) is 0. The van der Waals surface area contributed by atoms with E-state index in [4.69, 9.17) is 9.47 Å². The summed E-state index contributed by atoms with van der Waals surface area (Å²) in [6, 6.07) is 13.3. The maximum atomic E-state index is 12.7. The van der Waals surface area contributed by atoms with Gasteiger partial charge in [-0.1, -0.05) is 18.2 Å². The molecule has 0 aliphatic carbocycles. The quantitative estimate of drug-likeness (QED) is 0.374. The summed E-state index contributed by atoms with van der Waals surface area (Å²) in [6.45, 7) is 5.13. The maximum Gasteiger partial charge on any atom is 0.293 e. The average molecular weight is 509 g/mol. The fraction of sp³-hybridized carbons (Fsp3) is 0.238. The summed E-state index contributed by atoms with van der Waals surface area (Å²) in [6.07, 6.45) is 1.72. The lowest BCUT2D eigenvalue weighted by molar-refractivity contribution is -0.123. The van der Waals surface area contributed by atoms with Crippen LogP contribution in [0.4, 0.5) is 4.79 Å². The normalized spacial score (nSPS) is 15.4. The van der Waals surface area contributed by atoms with Crippen molar-refractivity contribution < 1.29 is 19.1 Å². The van der Waals surface area contributed by atoms with E-state index >= 15 is 0 Å². The van der Waals surface area contributed by atoms with Gasteiger partial charge in [0, 0.05) is 3.57 Å². The van der Waals surface area contributed by atoms with E-state index in [1.807, 2.05) is 56.3 Å². The number of hydrogen-bond acceptors (Lipinski definition) is 5. The molecule has 3 rings (SSSR count). The molecule has 1 aliphatic heterocycles. The van der Waals surface area contributed by atoms with Crippen molar-refractivity contribution in [2.24, 2.45) is 0 Å². The molecule has 0 atom stereocenters. The van der Waals surface area contributed by atoms with Crippen LogP contribution in [0.1, 0.15) is 25.0 Å². The van der Waals surface area contributed by atoms with Crippen molar-refractivity contribution in [2.75, 3.05) is 13.2 Å². The maximum absolute atomic E-state index is 12.7. The number of carbonyl (C=O) groups is 2. The van der Waals surface area contributed by atoms with Crippen molar-refractivity contribution >= 4 is 51.6 Å². The predicted octanol–water partition coefficient (Wildman–Crippen LogP) is 5.33. The fourth-order valence-electron chi connectivity index (χ4n) is 2.72. The number of benzene rings is 2. The molecule has 1 saturated heterocycles. The van der Waals surface area contributed by atoms with Crippen LogP contribution in [0, 0.1) is 3.57 Å². The van der Waals surface area contributed by atoms with E-state index in [1.165, 1.54) is 4.90 Å². The smallest absolute Gasteiger partial charge is 0.293 e. The molecule has 7 heteroatoms. The van der Waals surface area contributed by atoms with E-state index in [-0.39, 0.29) is 17.7 Å². The molecule has 0 unspecified atom stereocenters. The van der Waals surface area contributed by atoms with Gasteiger partial charge in [-0.2, -0.15) is 0 Å². The van der Waals surface area contributed by atoms with Crippen LogP contribution in [0.5, 0.6) is 11.5 Å². The number of halogens is 1. The molecular formula is C21H20INO4S. The SMILES string of the molecule is CCOc1ccc(/C=C2\SC(=O)N(Cc3ccc(I)cc3)C2=O)cc1OCC. The molecule has 0 radical (unpaired) electrons. The Labute approximate surface area is 182 Å². The molecule has 0 spiro atoms. The summed E-state index contributed by atoms with van der Waals surface area (Å²) < 4.78 is 12.3. The first-order valence-corrected chi connectivity index (χ1v) is 10.8. The summed E-state index contributed by atoms with van der Waals surface area (Å²) in [4.78, 5) is 26.8. The Morgan fingerprint density at radius 1 is 1.00 bits per heavy atom. The molecule has 1 aliphatic rings. The van der Waals surface area contributed by atoms with E-state index < -0.39 is 0 Å². The van der Waals surface area contributed by atoms with E-state index in [9.17, 15) is 9.59 Å². The topological polar surface area (TPSA) is 55.8 Å². The Bertz CT molecular complexity index is 911. The van der Waals surface area contributed by atoms with E-state index in [2.05, 4.69) is 22.6 Å². The van der Waals surface area contributed by atoms with Crippen LogP contribution in [0.3, 0.4) is 0 Å². The first-order valence-electron chi connectivity index (χ1n) is 8.91. The van der Waals surface area contributed by atoms with Gasteiger partial charge in [0.1, 0.15) is 0 Å². The third-order valence-electron chi connectivity index (χ3n) is 3.99. The first kappa shape index (κ1) is 20.7. The van der Waals surface area contributed by atoms with Crippen molar-refractivity contribution in [1.29, 1.82) is 0 Å². The lowest BCUT2D eigenvalue weighted by Gasteiger charge is -2.12. The third kappa shape index (κ3) is 4.88. The number of carbonyl (C=O) groups excluding carboxylic acids is 2. The highest BCUT2D eigenvalue weighted by atomic mass is 127. The molecule has 146 valence electrons. The van der Waals surface area contributed by atoms with E-state index in [1.54, 1.807) is 6.08 Å².